The summed E-state index contributed by atoms with van der Waals surface area (Å²) in [6, 6.07) is 8.96. The van der Waals surface area contributed by atoms with Gasteiger partial charge in [-0.15, -0.1) is 0 Å². The van der Waals surface area contributed by atoms with Gasteiger partial charge in [0.05, 0.1) is 0 Å². The summed E-state index contributed by atoms with van der Waals surface area (Å²) < 4.78 is 0. The average molecular weight is 252 g/mol. The van der Waals surface area contributed by atoms with E-state index in [1.807, 2.05) is 12.1 Å². The smallest absolute Gasteiger partial charge is 0.0406 e. The minimum atomic E-state index is 0.378. The van der Waals surface area contributed by atoms with Crippen LogP contribution >= 0.6 is 11.6 Å². The van der Waals surface area contributed by atoms with Crippen LogP contribution in [0.5, 0.6) is 0 Å². The van der Waals surface area contributed by atoms with E-state index < -0.39 is 0 Å². The molecule has 0 radical (unpaired) electrons. The second-order valence-electron chi connectivity index (χ2n) is 6.12. The highest BCUT2D eigenvalue weighted by atomic mass is 35.5. The van der Waals surface area contributed by atoms with E-state index in [2.05, 4.69) is 37.8 Å². The summed E-state index contributed by atoms with van der Waals surface area (Å²) >= 11 is 5.92. The molecule has 1 atom stereocenters. The van der Waals surface area contributed by atoms with E-state index in [4.69, 9.17) is 11.6 Å². The Kier molecular flexibility index (Phi) is 3.79. The van der Waals surface area contributed by atoms with Gasteiger partial charge in [-0.2, -0.15) is 0 Å². The molecule has 1 heterocycles. The van der Waals surface area contributed by atoms with Crippen LogP contribution in [0.25, 0.3) is 0 Å². The fraction of sp³-hybridized carbons (Fsp3) is 0.600. The van der Waals surface area contributed by atoms with Crippen molar-refractivity contribution < 1.29 is 0 Å². The van der Waals surface area contributed by atoms with Crippen LogP contribution < -0.4 is 0 Å². The summed E-state index contributed by atoms with van der Waals surface area (Å²) in [4.78, 5) is 2.61. The van der Waals surface area contributed by atoms with Crippen LogP contribution in [0.2, 0.25) is 5.02 Å². The van der Waals surface area contributed by atoms with E-state index in [1.54, 1.807) is 0 Å². The Hall–Kier alpha value is -0.530. The van der Waals surface area contributed by atoms with E-state index >= 15 is 0 Å². The summed E-state index contributed by atoms with van der Waals surface area (Å²) in [5.41, 5.74) is 1.74. The van der Waals surface area contributed by atoms with Gasteiger partial charge in [-0.25, -0.2) is 0 Å². The first-order valence-electron chi connectivity index (χ1n) is 6.45. The summed E-state index contributed by atoms with van der Waals surface area (Å²) in [5, 5.41) is 0.822. The molecule has 2 rings (SSSR count). The van der Waals surface area contributed by atoms with Gasteiger partial charge in [0, 0.05) is 17.6 Å². The first-order valence-corrected chi connectivity index (χ1v) is 6.83. The Bertz CT molecular complexity index is 364. The zero-order valence-corrected chi connectivity index (χ0v) is 11.8. The molecule has 0 aromatic heterocycles. The molecule has 0 aliphatic carbocycles. The third kappa shape index (κ3) is 3.23. The topological polar surface area (TPSA) is 3.24 Å². The van der Waals surface area contributed by atoms with Crippen LogP contribution in [0, 0.1) is 5.41 Å². The van der Waals surface area contributed by atoms with E-state index in [0.717, 1.165) is 11.6 Å². The Balaban J connectivity index is 2.05. The molecule has 1 fully saturated rings. The minimum Gasteiger partial charge on any atom is -0.296 e. The molecule has 1 aliphatic heterocycles. The number of halogens is 1. The molecule has 17 heavy (non-hydrogen) atoms. The molecule has 0 amide bonds. The summed E-state index contributed by atoms with van der Waals surface area (Å²) in [6.45, 7) is 9.32. The maximum absolute atomic E-state index is 5.92. The van der Waals surface area contributed by atoms with Crippen molar-refractivity contribution in [2.24, 2.45) is 5.41 Å². The lowest BCUT2D eigenvalue weighted by Crippen LogP contribution is -2.38. The molecule has 2 heteroatoms. The third-order valence-electron chi connectivity index (χ3n) is 3.66. The summed E-state index contributed by atoms with van der Waals surface area (Å²) in [7, 11) is 0. The van der Waals surface area contributed by atoms with Crippen molar-refractivity contribution in [1.29, 1.82) is 0 Å². The van der Waals surface area contributed by atoms with Crippen molar-refractivity contribution in [3.8, 4) is 0 Å². The highest BCUT2D eigenvalue weighted by molar-refractivity contribution is 6.30. The lowest BCUT2D eigenvalue weighted by molar-refractivity contribution is 0.134. The number of likely N-dealkylation sites (tertiary alicyclic amines) is 1. The van der Waals surface area contributed by atoms with Crippen molar-refractivity contribution in [2.45, 2.75) is 46.2 Å². The molecule has 0 bridgehead atoms. The SMILES string of the molecule is CC(C)(C)C1CCCN1Cc1ccc(Cl)cc1. The molecule has 94 valence electrons. The molecule has 0 saturated carbocycles. The highest BCUT2D eigenvalue weighted by Crippen LogP contribution is 2.33. The Morgan fingerprint density at radius 1 is 1.24 bits per heavy atom. The normalized spacial score (nSPS) is 22.0. The van der Waals surface area contributed by atoms with Gasteiger partial charge in [-0.3, -0.25) is 4.90 Å². The second-order valence-corrected chi connectivity index (χ2v) is 6.56. The van der Waals surface area contributed by atoms with Crippen molar-refractivity contribution in [1.82, 2.24) is 4.90 Å². The molecular weight excluding hydrogens is 230 g/mol. The molecule has 1 saturated heterocycles. The van der Waals surface area contributed by atoms with Gasteiger partial charge in [0.15, 0.2) is 0 Å². The maximum atomic E-state index is 5.92. The van der Waals surface area contributed by atoms with Crippen LogP contribution in [0.4, 0.5) is 0 Å². The van der Waals surface area contributed by atoms with Crippen molar-refractivity contribution in [2.75, 3.05) is 6.54 Å². The number of hydrogen-bond donors (Lipinski definition) is 0. The number of benzene rings is 1. The van der Waals surface area contributed by atoms with E-state index in [9.17, 15) is 0 Å². The fourth-order valence-electron chi connectivity index (χ4n) is 2.82. The largest absolute Gasteiger partial charge is 0.296 e. The molecule has 0 N–H and O–H groups in total. The van der Waals surface area contributed by atoms with Gasteiger partial charge in [0.25, 0.3) is 0 Å². The predicted octanol–water partition coefficient (Wildman–Crippen LogP) is 4.35. The van der Waals surface area contributed by atoms with Crippen molar-refractivity contribution in [3.05, 3.63) is 34.9 Å². The molecule has 0 spiro atoms. The first kappa shape index (κ1) is 12.9. The summed E-state index contributed by atoms with van der Waals surface area (Å²) in [6.07, 6.45) is 2.66. The van der Waals surface area contributed by atoms with E-state index in [-0.39, 0.29) is 0 Å². The van der Waals surface area contributed by atoms with Gasteiger partial charge in [-0.05, 0) is 42.5 Å². The minimum absolute atomic E-state index is 0.378. The lowest BCUT2D eigenvalue weighted by atomic mass is 9.85. The standard InChI is InChI=1S/C15H22ClN/c1-15(2,3)14-5-4-10-17(14)11-12-6-8-13(16)9-7-12/h6-9,14H,4-5,10-11H2,1-3H3. The van der Waals surface area contributed by atoms with Crippen LogP contribution in [0.1, 0.15) is 39.2 Å². The van der Waals surface area contributed by atoms with Gasteiger partial charge in [0.1, 0.15) is 0 Å². The Morgan fingerprint density at radius 3 is 2.47 bits per heavy atom. The molecule has 1 aliphatic rings. The van der Waals surface area contributed by atoms with Crippen LogP contribution in [-0.2, 0) is 6.54 Å². The van der Waals surface area contributed by atoms with Gasteiger partial charge >= 0.3 is 0 Å². The van der Waals surface area contributed by atoms with Crippen molar-refractivity contribution in [3.63, 3.8) is 0 Å². The van der Waals surface area contributed by atoms with E-state index in [0.29, 0.717) is 11.5 Å². The van der Waals surface area contributed by atoms with Crippen LogP contribution in [0.3, 0.4) is 0 Å². The van der Waals surface area contributed by atoms with Gasteiger partial charge in [0.2, 0.25) is 0 Å². The zero-order valence-electron chi connectivity index (χ0n) is 11.0. The molecule has 1 aromatic carbocycles. The van der Waals surface area contributed by atoms with Gasteiger partial charge < -0.3 is 0 Å². The summed E-state index contributed by atoms with van der Waals surface area (Å²) in [5.74, 6) is 0. The average Bonchev–Trinajstić information content (AvgIpc) is 2.69. The second kappa shape index (κ2) is 4.99. The Labute approximate surface area is 110 Å². The highest BCUT2D eigenvalue weighted by Gasteiger charge is 2.33. The monoisotopic (exact) mass is 251 g/mol. The lowest BCUT2D eigenvalue weighted by Gasteiger charge is -2.35. The third-order valence-corrected chi connectivity index (χ3v) is 3.91. The maximum Gasteiger partial charge on any atom is 0.0406 e. The number of hydrogen-bond acceptors (Lipinski definition) is 1. The number of nitrogens with zero attached hydrogens (tertiary/aromatic N) is 1. The Morgan fingerprint density at radius 2 is 1.88 bits per heavy atom. The van der Waals surface area contributed by atoms with Crippen molar-refractivity contribution >= 4 is 11.6 Å². The molecule has 1 unspecified atom stereocenters. The zero-order chi connectivity index (χ0) is 12.5. The quantitative estimate of drug-likeness (QED) is 0.755. The predicted molar refractivity (Wildman–Crippen MR) is 74.3 cm³/mol. The molecular formula is C15H22ClN. The molecule has 1 nitrogen and oxygen atoms in total. The first-order chi connectivity index (χ1) is 7.97. The van der Waals surface area contributed by atoms with E-state index in [1.165, 1.54) is 24.9 Å². The molecule has 1 aromatic rings. The van der Waals surface area contributed by atoms with Crippen LogP contribution in [-0.4, -0.2) is 17.5 Å². The fourth-order valence-corrected chi connectivity index (χ4v) is 2.95. The van der Waals surface area contributed by atoms with Gasteiger partial charge in [-0.1, -0.05) is 44.5 Å². The number of rotatable bonds is 2. The van der Waals surface area contributed by atoms with Crippen LogP contribution in [0.15, 0.2) is 24.3 Å².